The SMILES string of the molecule is CC.Cc1c(C(C)C)nc2c(c1C)OCCC2. The van der Waals surface area contributed by atoms with Crippen molar-refractivity contribution in [3.05, 3.63) is 22.5 Å². The highest BCUT2D eigenvalue weighted by molar-refractivity contribution is 5.45. The highest BCUT2D eigenvalue weighted by atomic mass is 16.5. The highest BCUT2D eigenvalue weighted by Gasteiger charge is 2.19. The largest absolute Gasteiger partial charge is 0.491 e. The van der Waals surface area contributed by atoms with E-state index in [0.717, 1.165) is 30.9 Å². The van der Waals surface area contributed by atoms with Crippen molar-refractivity contribution in [3.63, 3.8) is 0 Å². The van der Waals surface area contributed by atoms with E-state index >= 15 is 0 Å². The van der Waals surface area contributed by atoms with Gasteiger partial charge in [0.1, 0.15) is 5.75 Å². The summed E-state index contributed by atoms with van der Waals surface area (Å²) in [5, 5.41) is 0. The molecule has 1 aliphatic rings. The Hall–Kier alpha value is -1.05. The number of rotatable bonds is 1. The molecule has 0 aliphatic carbocycles. The van der Waals surface area contributed by atoms with Crippen molar-refractivity contribution in [1.29, 1.82) is 0 Å². The van der Waals surface area contributed by atoms with E-state index in [2.05, 4.69) is 27.7 Å². The molecule has 2 nitrogen and oxygen atoms in total. The van der Waals surface area contributed by atoms with E-state index in [1.54, 1.807) is 0 Å². The van der Waals surface area contributed by atoms with Gasteiger partial charge in [0.2, 0.25) is 0 Å². The predicted molar refractivity (Wildman–Crippen MR) is 73.0 cm³/mol. The molecule has 0 amide bonds. The summed E-state index contributed by atoms with van der Waals surface area (Å²) in [6, 6.07) is 0. The molecule has 96 valence electrons. The second kappa shape index (κ2) is 6.04. The van der Waals surface area contributed by atoms with Gasteiger partial charge in [0.15, 0.2) is 0 Å². The first-order valence-corrected chi connectivity index (χ1v) is 6.74. The first kappa shape index (κ1) is 14.0. The third kappa shape index (κ3) is 2.80. The Bertz CT molecular complexity index is 383. The lowest BCUT2D eigenvalue weighted by Gasteiger charge is -2.22. The summed E-state index contributed by atoms with van der Waals surface area (Å²) >= 11 is 0. The van der Waals surface area contributed by atoms with Crippen molar-refractivity contribution in [1.82, 2.24) is 4.98 Å². The Morgan fingerprint density at radius 2 is 1.76 bits per heavy atom. The molecule has 0 spiro atoms. The molecule has 2 heterocycles. The minimum Gasteiger partial charge on any atom is -0.491 e. The topological polar surface area (TPSA) is 22.1 Å². The summed E-state index contributed by atoms with van der Waals surface area (Å²) < 4.78 is 5.71. The van der Waals surface area contributed by atoms with Crippen molar-refractivity contribution in [2.24, 2.45) is 0 Å². The molecule has 1 aromatic heterocycles. The number of aromatic nitrogens is 1. The molecule has 0 saturated heterocycles. The van der Waals surface area contributed by atoms with Crippen molar-refractivity contribution in [3.8, 4) is 5.75 Å². The quantitative estimate of drug-likeness (QED) is 0.728. The lowest BCUT2D eigenvalue weighted by atomic mass is 9.97. The molecular weight excluding hydrogens is 210 g/mol. The normalized spacial score (nSPS) is 13.6. The number of aryl methyl sites for hydroxylation is 1. The van der Waals surface area contributed by atoms with Gasteiger partial charge in [0.25, 0.3) is 0 Å². The first-order chi connectivity index (χ1) is 8.11. The van der Waals surface area contributed by atoms with E-state index in [4.69, 9.17) is 9.72 Å². The van der Waals surface area contributed by atoms with Crippen LogP contribution in [0, 0.1) is 13.8 Å². The van der Waals surface area contributed by atoms with Gasteiger partial charge in [-0.25, -0.2) is 0 Å². The molecule has 0 radical (unpaired) electrons. The smallest absolute Gasteiger partial charge is 0.143 e. The minimum absolute atomic E-state index is 0.496. The Morgan fingerprint density at radius 1 is 1.12 bits per heavy atom. The molecule has 17 heavy (non-hydrogen) atoms. The molecule has 0 bridgehead atoms. The molecule has 0 fully saturated rings. The van der Waals surface area contributed by atoms with Crippen molar-refractivity contribution in [2.75, 3.05) is 6.61 Å². The fraction of sp³-hybridized carbons (Fsp3) is 0.667. The zero-order valence-electron chi connectivity index (χ0n) is 12.1. The van der Waals surface area contributed by atoms with Gasteiger partial charge in [-0.15, -0.1) is 0 Å². The second-order valence-electron chi connectivity index (χ2n) is 4.63. The fourth-order valence-electron chi connectivity index (χ4n) is 2.20. The summed E-state index contributed by atoms with van der Waals surface area (Å²) in [5.74, 6) is 1.54. The number of fused-ring (bicyclic) bond motifs is 1. The number of ether oxygens (including phenoxy) is 1. The summed E-state index contributed by atoms with van der Waals surface area (Å²) in [4.78, 5) is 4.75. The Morgan fingerprint density at radius 3 is 2.35 bits per heavy atom. The van der Waals surface area contributed by atoms with Crippen LogP contribution in [-0.2, 0) is 6.42 Å². The minimum atomic E-state index is 0.496. The van der Waals surface area contributed by atoms with Crippen LogP contribution in [0.5, 0.6) is 5.75 Å². The van der Waals surface area contributed by atoms with Crippen LogP contribution in [0.25, 0.3) is 0 Å². The van der Waals surface area contributed by atoms with Crippen LogP contribution in [0.1, 0.15) is 62.5 Å². The van der Waals surface area contributed by atoms with Gasteiger partial charge in [-0.05, 0) is 43.7 Å². The van der Waals surface area contributed by atoms with Crippen LogP contribution in [0.3, 0.4) is 0 Å². The van der Waals surface area contributed by atoms with Crippen molar-refractivity contribution < 1.29 is 4.74 Å². The zero-order valence-corrected chi connectivity index (χ0v) is 12.1. The number of hydrogen-bond donors (Lipinski definition) is 0. The van der Waals surface area contributed by atoms with E-state index < -0.39 is 0 Å². The number of nitrogens with zero attached hydrogens (tertiary/aromatic N) is 1. The molecule has 1 aromatic rings. The maximum Gasteiger partial charge on any atom is 0.143 e. The summed E-state index contributed by atoms with van der Waals surface area (Å²) in [7, 11) is 0. The third-order valence-corrected chi connectivity index (χ3v) is 3.16. The van der Waals surface area contributed by atoms with Gasteiger partial charge in [-0.3, -0.25) is 4.98 Å². The average Bonchev–Trinajstić information content (AvgIpc) is 2.36. The predicted octanol–water partition coefficient (Wildman–Crippen LogP) is 4.17. The molecule has 0 aromatic carbocycles. The molecule has 0 unspecified atom stereocenters. The van der Waals surface area contributed by atoms with E-state index in [-0.39, 0.29) is 0 Å². The van der Waals surface area contributed by atoms with Gasteiger partial charge >= 0.3 is 0 Å². The second-order valence-corrected chi connectivity index (χ2v) is 4.63. The van der Waals surface area contributed by atoms with E-state index in [0.29, 0.717) is 5.92 Å². The Labute approximate surface area is 105 Å². The van der Waals surface area contributed by atoms with Crippen LogP contribution in [0.15, 0.2) is 0 Å². The molecule has 2 heteroatoms. The lowest BCUT2D eigenvalue weighted by Crippen LogP contribution is -2.14. The van der Waals surface area contributed by atoms with E-state index in [9.17, 15) is 0 Å². The van der Waals surface area contributed by atoms with Crippen molar-refractivity contribution in [2.45, 2.75) is 60.3 Å². The third-order valence-electron chi connectivity index (χ3n) is 3.16. The summed E-state index contributed by atoms with van der Waals surface area (Å²) in [6.45, 7) is 13.5. The van der Waals surface area contributed by atoms with Gasteiger partial charge in [0.05, 0.1) is 12.3 Å². The van der Waals surface area contributed by atoms with Crippen molar-refractivity contribution >= 4 is 0 Å². The summed E-state index contributed by atoms with van der Waals surface area (Å²) in [6.07, 6.45) is 2.16. The molecule has 2 rings (SSSR count). The number of pyridine rings is 1. The maximum atomic E-state index is 5.71. The van der Waals surface area contributed by atoms with Gasteiger partial charge in [0, 0.05) is 5.69 Å². The van der Waals surface area contributed by atoms with E-state index in [1.807, 2.05) is 13.8 Å². The zero-order chi connectivity index (χ0) is 13.0. The molecular formula is C15H25NO. The first-order valence-electron chi connectivity index (χ1n) is 6.74. The molecule has 1 aliphatic heterocycles. The lowest BCUT2D eigenvalue weighted by molar-refractivity contribution is 0.282. The van der Waals surface area contributed by atoms with Crippen LogP contribution in [0.2, 0.25) is 0 Å². The average molecular weight is 235 g/mol. The van der Waals surface area contributed by atoms with Crippen LogP contribution in [0.4, 0.5) is 0 Å². The van der Waals surface area contributed by atoms with Crippen LogP contribution >= 0.6 is 0 Å². The fourth-order valence-corrected chi connectivity index (χ4v) is 2.20. The van der Waals surface area contributed by atoms with Crippen LogP contribution < -0.4 is 4.74 Å². The molecule has 0 saturated carbocycles. The maximum absolute atomic E-state index is 5.71. The van der Waals surface area contributed by atoms with Crippen LogP contribution in [-0.4, -0.2) is 11.6 Å². The monoisotopic (exact) mass is 235 g/mol. The van der Waals surface area contributed by atoms with Gasteiger partial charge in [-0.2, -0.15) is 0 Å². The number of hydrogen-bond acceptors (Lipinski definition) is 2. The van der Waals surface area contributed by atoms with Gasteiger partial charge < -0.3 is 4.74 Å². The Balaban J connectivity index is 0.000000686. The molecule has 0 N–H and O–H groups in total. The summed E-state index contributed by atoms with van der Waals surface area (Å²) in [5.41, 5.74) is 4.97. The highest BCUT2D eigenvalue weighted by Crippen LogP contribution is 2.32. The van der Waals surface area contributed by atoms with Gasteiger partial charge in [-0.1, -0.05) is 27.7 Å². The van der Waals surface area contributed by atoms with E-state index in [1.165, 1.54) is 16.8 Å². The molecule has 0 atom stereocenters. The standard InChI is InChI=1S/C13H19NO.C2H6/c1-8(2)12-9(3)10(4)13-11(14-12)6-5-7-15-13;1-2/h8H,5-7H2,1-4H3;1-2H3. The Kier molecular flexibility index (Phi) is 4.98.